The molecule has 0 saturated heterocycles. The van der Waals surface area contributed by atoms with Crippen molar-refractivity contribution in [1.82, 2.24) is 10.7 Å². The van der Waals surface area contributed by atoms with Crippen LogP contribution in [-0.4, -0.2) is 29.6 Å². The second-order valence-electron chi connectivity index (χ2n) is 5.65. The topological polar surface area (TPSA) is 75.1 Å². The number of amidine groups is 1. The summed E-state index contributed by atoms with van der Waals surface area (Å²) >= 11 is 1.59. The SMILES string of the molecule is COc1ccccc1N=C1NN=C(c2ccc(CNC(C)=O)cc2)CS1. The van der Waals surface area contributed by atoms with Crippen molar-refractivity contribution < 1.29 is 9.53 Å². The van der Waals surface area contributed by atoms with Crippen LogP contribution in [0.25, 0.3) is 0 Å². The van der Waals surface area contributed by atoms with Crippen molar-refractivity contribution in [2.75, 3.05) is 12.9 Å². The molecule has 6 nitrogen and oxygen atoms in total. The number of aliphatic imine (C=N–C) groups is 1. The van der Waals surface area contributed by atoms with Gasteiger partial charge in [0.2, 0.25) is 5.91 Å². The van der Waals surface area contributed by atoms with E-state index in [1.165, 1.54) is 6.92 Å². The molecule has 2 aromatic carbocycles. The van der Waals surface area contributed by atoms with Crippen LogP contribution in [0.5, 0.6) is 5.75 Å². The van der Waals surface area contributed by atoms with Gasteiger partial charge in [0.25, 0.3) is 0 Å². The number of carbonyl (C=O) groups is 1. The number of carbonyl (C=O) groups excluding carboxylic acids is 1. The van der Waals surface area contributed by atoms with E-state index in [9.17, 15) is 4.79 Å². The zero-order valence-electron chi connectivity index (χ0n) is 14.7. The Balaban J connectivity index is 1.67. The maximum Gasteiger partial charge on any atom is 0.217 e. The van der Waals surface area contributed by atoms with Gasteiger partial charge in [-0.25, -0.2) is 4.99 Å². The van der Waals surface area contributed by atoms with Crippen LogP contribution in [0.3, 0.4) is 0 Å². The van der Waals surface area contributed by atoms with Crippen molar-refractivity contribution in [2.45, 2.75) is 13.5 Å². The molecule has 0 fully saturated rings. The van der Waals surface area contributed by atoms with Gasteiger partial charge in [0, 0.05) is 19.2 Å². The molecule has 1 aliphatic rings. The molecule has 0 atom stereocenters. The molecule has 3 rings (SSSR count). The Morgan fingerprint density at radius 2 is 2.04 bits per heavy atom. The maximum atomic E-state index is 11.0. The monoisotopic (exact) mass is 368 g/mol. The Labute approximate surface area is 156 Å². The normalized spacial score (nSPS) is 15.2. The number of rotatable bonds is 5. The first-order chi connectivity index (χ1) is 12.7. The average Bonchev–Trinajstić information content (AvgIpc) is 2.68. The van der Waals surface area contributed by atoms with Crippen LogP contribution in [0.4, 0.5) is 5.69 Å². The highest BCUT2D eigenvalue weighted by Crippen LogP contribution is 2.28. The highest BCUT2D eigenvalue weighted by molar-refractivity contribution is 8.14. The maximum absolute atomic E-state index is 11.0. The minimum atomic E-state index is -0.0341. The summed E-state index contributed by atoms with van der Waals surface area (Å²) in [6.45, 7) is 2.04. The minimum absolute atomic E-state index is 0.0341. The zero-order valence-corrected chi connectivity index (χ0v) is 15.5. The van der Waals surface area contributed by atoms with Crippen molar-refractivity contribution in [3.63, 3.8) is 0 Å². The van der Waals surface area contributed by atoms with Crippen molar-refractivity contribution in [2.24, 2.45) is 10.1 Å². The predicted octanol–water partition coefficient (Wildman–Crippen LogP) is 3.06. The van der Waals surface area contributed by atoms with Crippen LogP contribution in [-0.2, 0) is 11.3 Å². The summed E-state index contributed by atoms with van der Waals surface area (Å²) in [7, 11) is 1.63. The lowest BCUT2D eigenvalue weighted by molar-refractivity contribution is -0.119. The molecule has 0 radical (unpaired) electrons. The fraction of sp³-hybridized carbons (Fsp3) is 0.211. The molecular weight excluding hydrogens is 348 g/mol. The van der Waals surface area contributed by atoms with Gasteiger partial charge in [-0.2, -0.15) is 5.10 Å². The van der Waals surface area contributed by atoms with Crippen molar-refractivity contribution in [1.29, 1.82) is 0 Å². The van der Waals surface area contributed by atoms with Crippen LogP contribution in [0.1, 0.15) is 18.1 Å². The fourth-order valence-electron chi connectivity index (χ4n) is 2.39. The Hall–Kier alpha value is -2.80. The molecule has 0 saturated carbocycles. The highest BCUT2D eigenvalue weighted by Gasteiger charge is 2.14. The van der Waals surface area contributed by atoms with E-state index in [-0.39, 0.29) is 5.91 Å². The van der Waals surface area contributed by atoms with E-state index in [0.717, 1.165) is 39.2 Å². The lowest BCUT2D eigenvalue weighted by atomic mass is 10.1. The number of benzene rings is 2. The number of nitrogens with zero attached hydrogens (tertiary/aromatic N) is 2. The van der Waals surface area contributed by atoms with Crippen molar-refractivity contribution in [3.8, 4) is 5.75 Å². The number of nitrogens with one attached hydrogen (secondary N) is 2. The number of hydrogen-bond donors (Lipinski definition) is 2. The van der Waals surface area contributed by atoms with E-state index < -0.39 is 0 Å². The van der Waals surface area contributed by atoms with Gasteiger partial charge in [-0.1, -0.05) is 48.2 Å². The van der Waals surface area contributed by atoms with Gasteiger partial charge < -0.3 is 10.1 Å². The molecular formula is C19H20N4O2S. The third-order valence-corrected chi connectivity index (χ3v) is 4.64. The molecule has 0 aliphatic carbocycles. The summed E-state index contributed by atoms with van der Waals surface area (Å²) in [5.74, 6) is 1.42. The second kappa shape index (κ2) is 8.53. The average molecular weight is 368 g/mol. The standard InChI is InChI=1S/C19H20N4O2S/c1-13(24)20-11-14-7-9-15(10-8-14)17-12-26-19(23-22-17)21-16-5-3-4-6-18(16)25-2/h3-10H,11-12H2,1-2H3,(H,20,24)(H,21,23). The van der Waals surface area contributed by atoms with Crippen molar-refractivity contribution >= 4 is 34.2 Å². The Morgan fingerprint density at radius 3 is 2.69 bits per heavy atom. The van der Waals surface area contributed by atoms with Gasteiger partial charge in [0.15, 0.2) is 5.17 Å². The summed E-state index contributed by atoms with van der Waals surface area (Å²) in [4.78, 5) is 15.5. The van der Waals surface area contributed by atoms with Crippen LogP contribution in [0, 0.1) is 0 Å². The Kier molecular flexibility index (Phi) is 5.91. The quantitative estimate of drug-likeness (QED) is 0.851. The molecule has 7 heteroatoms. The molecule has 0 unspecified atom stereocenters. The number of hydrogen-bond acceptors (Lipinski definition) is 5. The summed E-state index contributed by atoms with van der Waals surface area (Å²) < 4.78 is 5.32. The number of thioether (sulfide) groups is 1. The third-order valence-electron chi connectivity index (χ3n) is 3.77. The predicted molar refractivity (Wildman–Crippen MR) is 106 cm³/mol. The van der Waals surface area contributed by atoms with E-state index in [1.807, 2.05) is 48.5 Å². The summed E-state index contributed by atoms with van der Waals surface area (Å²) in [5, 5.41) is 7.97. The highest BCUT2D eigenvalue weighted by atomic mass is 32.2. The zero-order chi connectivity index (χ0) is 18.4. The van der Waals surface area contributed by atoms with E-state index in [1.54, 1.807) is 18.9 Å². The van der Waals surface area contributed by atoms with E-state index in [2.05, 4.69) is 20.8 Å². The van der Waals surface area contributed by atoms with Gasteiger partial charge in [-0.15, -0.1) is 0 Å². The smallest absolute Gasteiger partial charge is 0.217 e. The molecule has 0 aromatic heterocycles. The van der Waals surface area contributed by atoms with Crippen LogP contribution >= 0.6 is 11.8 Å². The first-order valence-electron chi connectivity index (χ1n) is 8.16. The van der Waals surface area contributed by atoms with E-state index >= 15 is 0 Å². The number of methoxy groups -OCH3 is 1. The fourth-order valence-corrected chi connectivity index (χ4v) is 3.17. The summed E-state index contributed by atoms with van der Waals surface area (Å²) in [6, 6.07) is 15.6. The molecule has 0 bridgehead atoms. The summed E-state index contributed by atoms with van der Waals surface area (Å²) in [5.41, 5.74) is 6.84. The largest absolute Gasteiger partial charge is 0.494 e. The third kappa shape index (κ3) is 4.64. The number of amides is 1. The van der Waals surface area contributed by atoms with Gasteiger partial charge in [0.1, 0.15) is 11.4 Å². The van der Waals surface area contributed by atoms with Crippen molar-refractivity contribution in [3.05, 3.63) is 59.7 Å². The molecule has 2 aromatic rings. The first kappa shape index (κ1) is 18.0. The van der Waals surface area contributed by atoms with Gasteiger partial charge >= 0.3 is 0 Å². The van der Waals surface area contributed by atoms with Crippen LogP contribution in [0.15, 0.2) is 58.6 Å². The molecule has 1 aliphatic heterocycles. The first-order valence-corrected chi connectivity index (χ1v) is 9.15. The van der Waals surface area contributed by atoms with Crippen LogP contribution < -0.4 is 15.5 Å². The van der Waals surface area contributed by atoms with Gasteiger partial charge in [-0.3, -0.25) is 10.2 Å². The van der Waals surface area contributed by atoms with Gasteiger partial charge in [0.05, 0.1) is 12.8 Å². The minimum Gasteiger partial charge on any atom is -0.494 e. The molecule has 134 valence electrons. The molecule has 26 heavy (non-hydrogen) atoms. The molecule has 0 spiro atoms. The second-order valence-corrected chi connectivity index (χ2v) is 6.62. The lowest BCUT2D eigenvalue weighted by Crippen LogP contribution is -2.25. The van der Waals surface area contributed by atoms with E-state index in [4.69, 9.17) is 4.74 Å². The summed E-state index contributed by atoms with van der Waals surface area (Å²) in [6.07, 6.45) is 0. The molecule has 1 amide bonds. The molecule has 1 heterocycles. The Bertz CT molecular complexity index is 847. The number of ether oxygens (including phenoxy) is 1. The van der Waals surface area contributed by atoms with Gasteiger partial charge in [-0.05, 0) is 23.3 Å². The van der Waals surface area contributed by atoms with Crippen LogP contribution in [0.2, 0.25) is 0 Å². The van der Waals surface area contributed by atoms with E-state index in [0.29, 0.717) is 6.54 Å². The number of hydrazone groups is 1. The molecule has 2 N–H and O–H groups in total. The Morgan fingerprint density at radius 1 is 1.27 bits per heavy atom. The number of para-hydroxylation sites is 2. The lowest BCUT2D eigenvalue weighted by Gasteiger charge is -2.15.